The molecule has 3 aromatic rings. The number of benzene rings is 3. The molecule has 0 saturated carbocycles. The number of ether oxygens (including phenoxy) is 1. The third-order valence-electron chi connectivity index (χ3n) is 6.56. The number of ketones is 1. The highest BCUT2D eigenvalue weighted by molar-refractivity contribution is 6.30. The third kappa shape index (κ3) is 4.55. The van der Waals surface area contributed by atoms with Gasteiger partial charge in [-0.05, 0) is 65.9 Å². The summed E-state index contributed by atoms with van der Waals surface area (Å²) in [5.74, 6) is -0.567. The van der Waals surface area contributed by atoms with E-state index in [9.17, 15) is 19.7 Å². The second-order valence-electron chi connectivity index (χ2n) is 8.63. The molecule has 0 aromatic heterocycles. The Hall–Kier alpha value is -3.97. The van der Waals surface area contributed by atoms with E-state index < -0.39 is 10.9 Å². The fourth-order valence-electron chi connectivity index (χ4n) is 4.79. The molecule has 8 heteroatoms. The Labute approximate surface area is 206 Å². The molecular weight excluding hydrogens is 468 g/mol. The number of nitro benzene ring substituents is 1. The number of carbonyl (C=O) groups is 2. The van der Waals surface area contributed by atoms with E-state index in [2.05, 4.69) is 17.5 Å². The van der Waals surface area contributed by atoms with Crippen LogP contribution in [0.2, 0.25) is 5.02 Å². The summed E-state index contributed by atoms with van der Waals surface area (Å²) >= 11 is 5.85. The van der Waals surface area contributed by atoms with Gasteiger partial charge in [-0.25, -0.2) is 4.79 Å². The lowest BCUT2D eigenvalue weighted by atomic mass is 9.76. The minimum absolute atomic E-state index is 0.0156. The normalized spacial score (nSPS) is 19.9. The maximum absolute atomic E-state index is 12.7. The van der Waals surface area contributed by atoms with Crippen molar-refractivity contribution in [1.29, 1.82) is 0 Å². The summed E-state index contributed by atoms with van der Waals surface area (Å²) in [7, 11) is 0. The number of nitro groups is 1. The van der Waals surface area contributed by atoms with Gasteiger partial charge in [0, 0.05) is 34.3 Å². The van der Waals surface area contributed by atoms with Crippen molar-refractivity contribution in [2.45, 2.75) is 18.4 Å². The van der Waals surface area contributed by atoms with Crippen LogP contribution in [0.1, 0.15) is 50.2 Å². The van der Waals surface area contributed by atoms with Gasteiger partial charge >= 0.3 is 5.97 Å². The van der Waals surface area contributed by atoms with Crippen LogP contribution >= 0.6 is 11.6 Å². The fourth-order valence-corrected chi connectivity index (χ4v) is 4.91. The first-order valence-electron chi connectivity index (χ1n) is 11.2. The first-order chi connectivity index (χ1) is 16.9. The van der Waals surface area contributed by atoms with E-state index in [0.29, 0.717) is 16.1 Å². The predicted octanol–water partition coefficient (Wildman–Crippen LogP) is 6.11. The van der Waals surface area contributed by atoms with Crippen molar-refractivity contribution in [2.24, 2.45) is 5.92 Å². The molecule has 0 fully saturated rings. The van der Waals surface area contributed by atoms with E-state index in [-0.39, 0.29) is 36.0 Å². The quantitative estimate of drug-likeness (QED) is 0.148. The average molecular weight is 489 g/mol. The smallest absolute Gasteiger partial charge is 0.338 e. The van der Waals surface area contributed by atoms with Gasteiger partial charge in [-0.1, -0.05) is 35.9 Å². The number of Topliss-reactive ketones (excluding diaryl/α,β-unsaturated/α-hetero) is 1. The zero-order chi connectivity index (χ0) is 24.5. The van der Waals surface area contributed by atoms with Gasteiger partial charge in [-0.2, -0.15) is 0 Å². The minimum atomic E-state index is -0.564. The first kappa shape index (κ1) is 22.8. The van der Waals surface area contributed by atoms with Crippen LogP contribution in [-0.4, -0.2) is 23.3 Å². The molecule has 35 heavy (non-hydrogen) atoms. The standard InChI is InChI=1S/C27H21ClN2O5/c28-19-9-4-16(5-10-19)25(31)15-35-27(32)18-8-13-24-23(14-18)21-2-1-3-22(21)26(29-24)17-6-11-20(12-7-17)30(33)34/h1-2,4-14,21-22,26,29H,3,15H2/t21-,22-,26-/m0/s1. The molecule has 3 atom stereocenters. The van der Waals surface area contributed by atoms with Crippen molar-refractivity contribution >= 4 is 34.7 Å². The summed E-state index contributed by atoms with van der Waals surface area (Å²) in [5, 5.41) is 15.1. The number of esters is 1. The van der Waals surface area contributed by atoms with Crippen LogP contribution in [0, 0.1) is 16.0 Å². The molecule has 0 spiro atoms. The number of halogens is 1. The average Bonchev–Trinajstić information content (AvgIpc) is 3.37. The van der Waals surface area contributed by atoms with Gasteiger partial charge in [-0.3, -0.25) is 14.9 Å². The number of hydrogen-bond acceptors (Lipinski definition) is 6. The summed E-state index contributed by atoms with van der Waals surface area (Å²) in [6.07, 6.45) is 5.12. The van der Waals surface area contributed by atoms with Gasteiger partial charge in [-0.15, -0.1) is 0 Å². The lowest BCUT2D eigenvalue weighted by Gasteiger charge is -2.37. The van der Waals surface area contributed by atoms with Crippen LogP contribution in [0.15, 0.2) is 78.9 Å². The van der Waals surface area contributed by atoms with Crippen molar-refractivity contribution in [2.75, 3.05) is 11.9 Å². The van der Waals surface area contributed by atoms with E-state index >= 15 is 0 Å². The number of anilines is 1. The summed E-state index contributed by atoms with van der Waals surface area (Å²) in [6.45, 7) is -0.357. The monoisotopic (exact) mass is 488 g/mol. The number of allylic oxidation sites excluding steroid dienone is 2. The van der Waals surface area contributed by atoms with Crippen LogP contribution in [0.3, 0.4) is 0 Å². The molecule has 176 valence electrons. The van der Waals surface area contributed by atoms with E-state index in [4.69, 9.17) is 16.3 Å². The van der Waals surface area contributed by atoms with Crippen LogP contribution in [0.4, 0.5) is 11.4 Å². The molecule has 0 saturated heterocycles. The van der Waals surface area contributed by atoms with Gasteiger partial charge in [0.05, 0.1) is 16.5 Å². The molecule has 5 rings (SSSR count). The molecule has 0 radical (unpaired) electrons. The van der Waals surface area contributed by atoms with Crippen molar-refractivity contribution in [3.63, 3.8) is 0 Å². The lowest BCUT2D eigenvalue weighted by molar-refractivity contribution is -0.384. The molecule has 0 unspecified atom stereocenters. The largest absolute Gasteiger partial charge is 0.454 e. The molecule has 1 aliphatic carbocycles. The number of hydrogen-bond donors (Lipinski definition) is 1. The number of nitrogens with zero attached hydrogens (tertiary/aromatic N) is 1. The van der Waals surface area contributed by atoms with Gasteiger partial charge in [0.1, 0.15) is 0 Å². The van der Waals surface area contributed by atoms with Gasteiger partial charge in [0.25, 0.3) is 5.69 Å². The maximum Gasteiger partial charge on any atom is 0.338 e. The Morgan fingerprint density at radius 1 is 1.03 bits per heavy atom. The number of non-ortho nitro benzene ring substituents is 1. The van der Waals surface area contributed by atoms with E-state index in [1.807, 2.05) is 12.1 Å². The van der Waals surface area contributed by atoms with Gasteiger partial charge in [0.15, 0.2) is 12.4 Å². The number of rotatable bonds is 6. The summed E-state index contributed by atoms with van der Waals surface area (Å²) in [6, 6.07) is 18.4. The molecule has 1 N–H and O–H groups in total. The summed E-state index contributed by atoms with van der Waals surface area (Å²) in [5.41, 5.74) is 3.72. The fraction of sp³-hybridized carbons (Fsp3) is 0.185. The van der Waals surface area contributed by atoms with Gasteiger partial charge in [0.2, 0.25) is 0 Å². The molecule has 7 nitrogen and oxygen atoms in total. The Morgan fingerprint density at radius 2 is 1.74 bits per heavy atom. The zero-order valence-electron chi connectivity index (χ0n) is 18.5. The zero-order valence-corrected chi connectivity index (χ0v) is 19.3. The van der Waals surface area contributed by atoms with Crippen molar-refractivity contribution in [3.8, 4) is 0 Å². The summed E-state index contributed by atoms with van der Waals surface area (Å²) in [4.78, 5) is 35.6. The van der Waals surface area contributed by atoms with Crippen LogP contribution in [0.25, 0.3) is 0 Å². The molecule has 1 heterocycles. The SMILES string of the molecule is O=C(COC(=O)c1ccc2c(c1)[C@H]1C=CC[C@@H]1[C@H](c1ccc([N+](=O)[O-])cc1)N2)c1ccc(Cl)cc1. The first-order valence-corrected chi connectivity index (χ1v) is 11.6. The Kier molecular flexibility index (Phi) is 6.09. The maximum atomic E-state index is 12.7. The summed E-state index contributed by atoms with van der Waals surface area (Å²) < 4.78 is 5.28. The molecule has 2 aliphatic rings. The van der Waals surface area contributed by atoms with E-state index in [0.717, 1.165) is 23.2 Å². The van der Waals surface area contributed by atoms with Gasteiger partial charge < -0.3 is 10.1 Å². The third-order valence-corrected chi connectivity index (χ3v) is 6.81. The molecule has 1 aliphatic heterocycles. The van der Waals surface area contributed by atoms with E-state index in [1.165, 1.54) is 12.1 Å². The Bertz CT molecular complexity index is 1330. The predicted molar refractivity (Wildman–Crippen MR) is 132 cm³/mol. The van der Waals surface area contributed by atoms with E-state index in [1.54, 1.807) is 42.5 Å². The van der Waals surface area contributed by atoms with Crippen molar-refractivity contribution in [3.05, 3.63) is 116 Å². The van der Waals surface area contributed by atoms with Crippen LogP contribution < -0.4 is 5.32 Å². The molecule has 3 aromatic carbocycles. The topological polar surface area (TPSA) is 98.5 Å². The molecule has 0 amide bonds. The second-order valence-corrected chi connectivity index (χ2v) is 9.07. The Morgan fingerprint density at radius 3 is 2.46 bits per heavy atom. The number of carbonyl (C=O) groups excluding carboxylic acids is 2. The number of fused-ring (bicyclic) bond motifs is 3. The van der Waals surface area contributed by atoms with Crippen LogP contribution in [0.5, 0.6) is 0 Å². The molecule has 0 bridgehead atoms. The van der Waals surface area contributed by atoms with Crippen LogP contribution in [-0.2, 0) is 4.74 Å². The minimum Gasteiger partial charge on any atom is -0.454 e. The Balaban J connectivity index is 1.33. The lowest BCUT2D eigenvalue weighted by Crippen LogP contribution is -2.29. The second kappa shape index (κ2) is 9.35. The highest BCUT2D eigenvalue weighted by atomic mass is 35.5. The highest BCUT2D eigenvalue weighted by Gasteiger charge is 2.38. The van der Waals surface area contributed by atoms with Crippen molar-refractivity contribution < 1.29 is 19.2 Å². The number of nitrogens with one attached hydrogen (secondary N) is 1. The highest BCUT2D eigenvalue weighted by Crippen LogP contribution is 2.50. The molecular formula is C27H21ClN2O5. The van der Waals surface area contributed by atoms with Crippen molar-refractivity contribution in [1.82, 2.24) is 0 Å².